The summed E-state index contributed by atoms with van der Waals surface area (Å²) in [6.45, 7) is 6.41. The van der Waals surface area contributed by atoms with Crippen molar-refractivity contribution in [3.8, 4) is 5.75 Å². The summed E-state index contributed by atoms with van der Waals surface area (Å²) in [5.41, 5.74) is 2.21. The van der Waals surface area contributed by atoms with Crippen LogP contribution < -0.4 is 15.4 Å². The third-order valence-electron chi connectivity index (χ3n) is 7.32. The molecule has 3 N–H and O–H groups in total. The zero-order valence-corrected chi connectivity index (χ0v) is 26.0. The van der Waals surface area contributed by atoms with Gasteiger partial charge in [0.1, 0.15) is 24.0 Å². The van der Waals surface area contributed by atoms with Crippen LogP contribution in [-0.2, 0) is 24.2 Å². The fourth-order valence-electron chi connectivity index (χ4n) is 4.93. The number of likely N-dealkylation sites (N-methyl/N-ethyl adjacent to an activating group) is 1. The Hall–Kier alpha value is -2.64. The van der Waals surface area contributed by atoms with Crippen molar-refractivity contribution in [2.45, 2.75) is 31.5 Å². The van der Waals surface area contributed by atoms with E-state index in [0.29, 0.717) is 18.7 Å². The fraction of sp³-hybridized carbons (Fsp3) is 0.406. The van der Waals surface area contributed by atoms with Crippen LogP contribution in [0.15, 0.2) is 66.7 Å². The monoisotopic (exact) mass is 692 g/mol. The molecule has 0 spiro atoms. The minimum atomic E-state index is -0.987. The number of hydrogen-bond acceptors (Lipinski definition) is 6. The van der Waals surface area contributed by atoms with Crippen molar-refractivity contribution >= 4 is 28.5 Å². The second-order valence-electron chi connectivity index (χ2n) is 10.8. The van der Waals surface area contributed by atoms with E-state index in [0.717, 1.165) is 59.2 Å². The van der Waals surface area contributed by atoms with E-state index in [9.17, 15) is 18.7 Å². The molecule has 0 bridgehead atoms. The predicted octanol–water partition coefficient (Wildman–Crippen LogP) is 3.62. The lowest BCUT2D eigenvalue weighted by Gasteiger charge is -2.32. The number of hydrogen-bond donors (Lipinski definition) is 3. The van der Waals surface area contributed by atoms with Crippen molar-refractivity contribution in [1.82, 2.24) is 20.4 Å². The first-order chi connectivity index (χ1) is 20.2. The second-order valence-corrected chi connectivity index (χ2v) is 12.0. The fourth-order valence-corrected chi connectivity index (χ4v) is 5.54. The van der Waals surface area contributed by atoms with E-state index < -0.39 is 23.8 Å². The van der Waals surface area contributed by atoms with Crippen molar-refractivity contribution in [3.63, 3.8) is 0 Å². The molecule has 1 aliphatic rings. The average molecular weight is 693 g/mol. The van der Waals surface area contributed by atoms with E-state index in [1.807, 2.05) is 48.5 Å². The number of ether oxygens (including phenoxy) is 1. The van der Waals surface area contributed by atoms with Gasteiger partial charge in [0.15, 0.2) is 0 Å². The highest BCUT2D eigenvalue weighted by Crippen LogP contribution is 2.15. The number of aliphatic hydroxyl groups is 1. The molecule has 3 aromatic rings. The van der Waals surface area contributed by atoms with Crippen molar-refractivity contribution < 1.29 is 23.4 Å². The summed E-state index contributed by atoms with van der Waals surface area (Å²) in [6, 6.07) is 17.9. The lowest BCUT2D eigenvalue weighted by molar-refractivity contribution is -0.122. The lowest BCUT2D eigenvalue weighted by atomic mass is 10.00. The summed E-state index contributed by atoms with van der Waals surface area (Å²) < 4.78 is 34.7. The van der Waals surface area contributed by atoms with Crippen molar-refractivity contribution in [3.05, 3.63) is 98.6 Å². The SMILES string of the molecule is CN1CCN(CCOc2ccc(CC(=O)N[C@@H](Cc3cc(F)cc(F)c3)[C@@H](O)CNCc3cccc(I)c3)cc2)CC1. The van der Waals surface area contributed by atoms with Crippen LogP contribution in [0.2, 0.25) is 0 Å². The lowest BCUT2D eigenvalue weighted by Crippen LogP contribution is -2.49. The maximum atomic E-state index is 13.9. The molecule has 3 aromatic carbocycles. The van der Waals surface area contributed by atoms with Crippen LogP contribution in [0.25, 0.3) is 0 Å². The minimum Gasteiger partial charge on any atom is -0.492 e. The van der Waals surface area contributed by atoms with Gasteiger partial charge in [0.25, 0.3) is 0 Å². The van der Waals surface area contributed by atoms with Crippen molar-refractivity contribution in [2.24, 2.45) is 0 Å². The van der Waals surface area contributed by atoms with E-state index in [4.69, 9.17) is 4.74 Å². The Labute approximate surface area is 260 Å². The summed E-state index contributed by atoms with van der Waals surface area (Å²) in [5, 5.41) is 17.1. The summed E-state index contributed by atoms with van der Waals surface area (Å²) in [6.07, 6.45) is -0.816. The molecule has 1 amide bonds. The largest absolute Gasteiger partial charge is 0.492 e. The molecular formula is C32H39F2IN4O3. The zero-order valence-electron chi connectivity index (χ0n) is 23.9. The van der Waals surface area contributed by atoms with Gasteiger partial charge in [0.2, 0.25) is 5.91 Å². The molecule has 2 atom stereocenters. The molecule has 1 aliphatic heterocycles. The van der Waals surface area contributed by atoms with Crippen LogP contribution in [0.4, 0.5) is 8.78 Å². The van der Waals surface area contributed by atoms with Gasteiger partial charge in [0.05, 0.1) is 18.6 Å². The van der Waals surface area contributed by atoms with Gasteiger partial charge in [-0.25, -0.2) is 8.78 Å². The predicted molar refractivity (Wildman–Crippen MR) is 168 cm³/mol. The van der Waals surface area contributed by atoms with Gasteiger partial charge in [-0.15, -0.1) is 0 Å². The molecular weight excluding hydrogens is 653 g/mol. The highest BCUT2D eigenvalue weighted by molar-refractivity contribution is 14.1. The molecule has 0 aromatic heterocycles. The molecule has 4 rings (SSSR count). The molecule has 0 saturated carbocycles. The van der Waals surface area contributed by atoms with Crippen LogP contribution >= 0.6 is 22.6 Å². The number of rotatable bonds is 14. The number of nitrogens with one attached hydrogen (secondary N) is 2. The molecule has 1 saturated heterocycles. The molecule has 1 fully saturated rings. The van der Waals surface area contributed by atoms with Crippen LogP contribution in [0.5, 0.6) is 5.75 Å². The third kappa shape index (κ3) is 10.9. The zero-order chi connectivity index (χ0) is 29.9. The topological polar surface area (TPSA) is 77.1 Å². The Balaban J connectivity index is 1.30. The van der Waals surface area contributed by atoms with Crippen LogP contribution in [0, 0.1) is 15.2 Å². The van der Waals surface area contributed by atoms with Gasteiger partial charge in [0, 0.05) is 55.4 Å². The maximum Gasteiger partial charge on any atom is 0.224 e. The van der Waals surface area contributed by atoms with Crippen LogP contribution in [0.1, 0.15) is 16.7 Å². The highest BCUT2D eigenvalue weighted by atomic mass is 127. The van der Waals surface area contributed by atoms with Gasteiger partial charge in [-0.1, -0.05) is 24.3 Å². The van der Waals surface area contributed by atoms with E-state index in [2.05, 4.69) is 50.1 Å². The Morgan fingerprint density at radius 3 is 2.38 bits per heavy atom. The normalized spacial score (nSPS) is 15.7. The molecule has 226 valence electrons. The van der Waals surface area contributed by atoms with Crippen molar-refractivity contribution in [2.75, 3.05) is 52.9 Å². The number of carbonyl (C=O) groups excluding carboxylic acids is 1. The number of benzene rings is 3. The first-order valence-corrected chi connectivity index (χ1v) is 15.3. The Morgan fingerprint density at radius 2 is 1.69 bits per heavy atom. The summed E-state index contributed by atoms with van der Waals surface area (Å²) in [5.74, 6) is -0.953. The molecule has 1 heterocycles. The van der Waals surface area contributed by atoms with Gasteiger partial charge in [-0.2, -0.15) is 0 Å². The summed E-state index contributed by atoms with van der Waals surface area (Å²) in [7, 11) is 2.13. The van der Waals surface area contributed by atoms with Crippen LogP contribution in [0.3, 0.4) is 0 Å². The molecule has 0 unspecified atom stereocenters. The molecule has 0 aliphatic carbocycles. The molecule has 42 heavy (non-hydrogen) atoms. The van der Waals surface area contributed by atoms with E-state index in [1.165, 1.54) is 12.1 Å². The van der Waals surface area contributed by atoms with Gasteiger partial charge in [-0.05, 0) is 89.1 Å². The van der Waals surface area contributed by atoms with Gasteiger partial charge < -0.3 is 25.4 Å². The number of aliphatic hydroxyl groups excluding tert-OH is 1. The number of carbonyl (C=O) groups is 1. The Morgan fingerprint density at radius 1 is 0.976 bits per heavy atom. The van der Waals surface area contributed by atoms with Crippen LogP contribution in [-0.4, -0.2) is 85.9 Å². The quantitative estimate of drug-likeness (QED) is 0.225. The van der Waals surface area contributed by atoms with Crippen molar-refractivity contribution in [1.29, 1.82) is 0 Å². The first kappa shape index (κ1) is 32.3. The summed E-state index contributed by atoms with van der Waals surface area (Å²) >= 11 is 2.24. The van der Waals surface area contributed by atoms with Gasteiger partial charge in [-0.3, -0.25) is 9.69 Å². The van der Waals surface area contributed by atoms with Gasteiger partial charge >= 0.3 is 0 Å². The number of halogens is 3. The maximum absolute atomic E-state index is 13.9. The first-order valence-electron chi connectivity index (χ1n) is 14.2. The van der Waals surface area contributed by atoms with E-state index >= 15 is 0 Å². The highest BCUT2D eigenvalue weighted by Gasteiger charge is 2.23. The number of nitrogens with zero attached hydrogens (tertiary/aromatic N) is 2. The number of amides is 1. The molecule has 0 radical (unpaired) electrons. The summed E-state index contributed by atoms with van der Waals surface area (Å²) in [4.78, 5) is 17.7. The smallest absolute Gasteiger partial charge is 0.224 e. The average Bonchev–Trinajstić information content (AvgIpc) is 2.94. The number of piperazine rings is 1. The minimum absolute atomic E-state index is 0.0760. The standard InChI is InChI=1S/C32H39F2IN4O3/c1-38-9-11-39(12-10-38)13-14-42-29-7-5-23(6-8-29)19-32(41)37-30(18-25-15-26(33)20-27(34)16-25)31(40)22-36-21-24-3-2-4-28(35)17-24/h2-8,15-17,20,30-31,36,40H,9-14,18-19,21-22H2,1H3,(H,37,41)/t30-,31-/m0/s1. The molecule has 10 heteroatoms. The van der Waals surface area contributed by atoms with E-state index in [-0.39, 0.29) is 25.3 Å². The Kier molecular flexibility index (Phi) is 12.5. The van der Waals surface area contributed by atoms with E-state index in [1.54, 1.807) is 0 Å². The molecule has 7 nitrogen and oxygen atoms in total. The second kappa shape index (κ2) is 16.3. The Bertz CT molecular complexity index is 1270. The third-order valence-corrected chi connectivity index (χ3v) is 7.99.